The molecule has 0 aliphatic carbocycles. The molecule has 0 aromatic heterocycles. The molecule has 1 unspecified atom stereocenters. The maximum absolute atomic E-state index is 10.5. The van der Waals surface area contributed by atoms with Gasteiger partial charge in [0.1, 0.15) is 0 Å². The highest BCUT2D eigenvalue weighted by atomic mass is 16.6. The Morgan fingerprint density at radius 1 is 1.54 bits per heavy atom. The molecule has 0 rings (SSSR count). The third-order valence-electron chi connectivity index (χ3n) is 1.42. The summed E-state index contributed by atoms with van der Waals surface area (Å²) in [5.74, 6) is 2.26. The van der Waals surface area contributed by atoms with E-state index < -0.39 is 24.7 Å². The van der Waals surface area contributed by atoms with Crippen LogP contribution in [-0.4, -0.2) is 46.4 Å². The molecule has 0 bridgehead atoms. The third kappa shape index (κ3) is 3.83. The molecular weight excluding hydrogens is 180 g/mol. The zero-order valence-electron chi connectivity index (χ0n) is 7.14. The Balaban J connectivity index is 4.33. The summed E-state index contributed by atoms with van der Waals surface area (Å²) in [6.07, 6.45) is -1.42. The van der Waals surface area contributed by atoms with Gasteiger partial charge in [0.15, 0.2) is 0 Å². The average Bonchev–Trinajstić information content (AvgIpc) is 2.02. The zero-order chi connectivity index (χ0) is 10.4. The van der Waals surface area contributed by atoms with Gasteiger partial charge in [-0.2, -0.15) is 0 Å². The first kappa shape index (κ1) is 11.8. The summed E-state index contributed by atoms with van der Waals surface area (Å²) in [5.41, 5.74) is 0. The van der Waals surface area contributed by atoms with E-state index in [4.69, 9.17) is 16.1 Å². The van der Waals surface area contributed by atoms with Gasteiger partial charge in [0.2, 0.25) is 6.23 Å². The Labute approximate surface area is 74.6 Å². The number of nitrogens with two attached hydrogens (primary N) is 1. The number of nitrogens with zero attached hydrogens (tertiary/aromatic N) is 1. The molecule has 0 aromatic rings. The van der Waals surface area contributed by atoms with Crippen LogP contribution in [0.25, 0.3) is 0 Å². The second-order valence-electron chi connectivity index (χ2n) is 2.28. The van der Waals surface area contributed by atoms with Gasteiger partial charge in [-0.05, 0) is 6.54 Å². The Morgan fingerprint density at radius 3 is 2.31 bits per heavy atom. The molecule has 4 N–H and O–H groups in total. The van der Waals surface area contributed by atoms with Crippen LogP contribution in [0.2, 0.25) is 0 Å². The van der Waals surface area contributed by atoms with E-state index in [1.807, 2.05) is 0 Å². The molecule has 13 heavy (non-hydrogen) atoms. The summed E-state index contributed by atoms with van der Waals surface area (Å²) in [7, 11) is 0. The predicted molar refractivity (Wildman–Crippen MR) is 41.6 cm³/mol. The first-order chi connectivity index (χ1) is 6.02. The van der Waals surface area contributed by atoms with Crippen LogP contribution in [0, 0.1) is 0 Å². The normalized spacial score (nSPS) is 12.8. The highest BCUT2D eigenvalue weighted by Gasteiger charge is 2.26. The van der Waals surface area contributed by atoms with Gasteiger partial charge in [-0.15, -0.1) is 0 Å². The first-order valence-corrected chi connectivity index (χ1v) is 3.57. The smallest absolute Gasteiger partial charge is 0.350 e. The molecule has 0 aliphatic rings. The van der Waals surface area contributed by atoms with E-state index in [1.165, 1.54) is 0 Å². The molecule has 1 atom stereocenters. The van der Waals surface area contributed by atoms with Gasteiger partial charge < -0.3 is 10.2 Å². The van der Waals surface area contributed by atoms with Gasteiger partial charge in [0.25, 0.3) is 0 Å². The lowest BCUT2D eigenvalue weighted by molar-refractivity contribution is -0.167. The number of carboxylic acids is 2. The molecule has 0 radical (unpaired) electrons. The fourth-order valence-corrected chi connectivity index (χ4v) is 0.835. The van der Waals surface area contributed by atoms with Crippen molar-refractivity contribution in [2.75, 3.05) is 13.1 Å². The van der Waals surface area contributed by atoms with E-state index in [0.29, 0.717) is 0 Å². The van der Waals surface area contributed by atoms with Gasteiger partial charge in [-0.1, -0.05) is 6.92 Å². The fraction of sp³-hybridized carbons (Fsp3) is 0.667. The van der Waals surface area contributed by atoms with Crippen LogP contribution < -0.4 is 5.90 Å². The highest BCUT2D eigenvalue weighted by Crippen LogP contribution is 1.98. The van der Waals surface area contributed by atoms with Crippen molar-refractivity contribution in [3.8, 4) is 0 Å². The lowest BCUT2D eigenvalue weighted by Gasteiger charge is -2.23. The van der Waals surface area contributed by atoms with Gasteiger partial charge in [0.05, 0.1) is 6.54 Å². The minimum absolute atomic E-state index is 0.223. The average molecular weight is 192 g/mol. The fourth-order valence-electron chi connectivity index (χ4n) is 0.835. The Kier molecular flexibility index (Phi) is 4.97. The number of carboxylic acid groups (broad SMARTS) is 2. The molecule has 0 aliphatic heterocycles. The minimum Gasteiger partial charge on any atom is -0.480 e. The number of carbonyl (C=O) groups is 2. The van der Waals surface area contributed by atoms with Crippen LogP contribution in [0.15, 0.2) is 0 Å². The Morgan fingerprint density at radius 2 is 2.08 bits per heavy atom. The SMILES string of the molecule is CCN(CC(=O)O)C(ON)C(=O)O. The summed E-state index contributed by atoms with van der Waals surface area (Å²) in [6, 6.07) is 0. The summed E-state index contributed by atoms with van der Waals surface area (Å²) in [4.78, 5) is 26.0. The Hall–Kier alpha value is -1.18. The number of likely N-dealkylation sites (N-methyl/N-ethyl adjacent to an activating group) is 1. The lowest BCUT2D eigenvalue weighted by Crippen LogP contribution is -2.46. The first-order valence-electron chi connectivity index (χ1n) is 3.57. The van der Waals surface area contributed by atoms with Crippen molar-refractivity contribution in [3.05, 3.63) is 0 Å². The van der Waals surface area contributed by atoms with Crippen molar-refractivity contribution in [2.45, 2.75) is 13.2 Å². The largest absolute Gasteiger partial charge is 0.480 e. The van der Waals surface area contributed by atoms with Crippen molar-refractivity contribution in [1.29, 1.82) is 0 Å². The van der Waals surface area contributed by atoms with Gasteiger partial charge >= 0.3 is 11.9 Å². The maximum atomic E-state index is 10.5. The van der Waals surface area contributed by atoms with Crippen molar-refractivity contribution in [2.24, 2.45) is 5.90 Å². The summed E-state index contributed by atoms with van der Waals surface area (Å²) in [5, 5.41) is 17.0. The number of hydrogen-bond acceptors (Lipinski definition) is 5. The number of rotatable bonds is 6. The number of hydrogen-bond donors (Lipinski definition) is 3. The summed E-state index contributed by atoms with van der Waals surface area (Å²) < 4.78 is 0. The molecule has 0 saturated heterocycles. The van der Waals surface area contributed by atoms with Crippen LogP contribution in [0.4, 0.5) is 0 Å². The third-order valence-corrected chi connectivity index (χ3v) is 1.42. The molecule has 7 nitrogen and oxygen atoms in total. The molecule has 0 saturated carbocycles. The highest BCUT2D eigenvalue weighted by molar-refractivity contribution is 5.74. The Bertz CT molecular complexity index is 195. The molecule has 0 aromatic carbocycles. The second-order valence-corrected chi connectivity index (χ2v) is 2.28. The van der Waals surface area contributed by atoms with Crippen LogP contribution in [0.1, 0.15) is 6.92 Å². The van der Waals surface area contributed by atoms with Crippen molar-refractivity contribution in [3.63, 3.8) is 0 Å². The molecule has 0 amide bonds. The van der Waals surface area contributed by atoms with Crippen LogP contribution in [0.5, 0.6) is 0 Å². The van der Waals surface area contributed by atoms with Crippen LogP contribution in [-0.2, 0) is 14.4 Å². The van der Waals surface area contributed by atoms with E-state index >= 15 is 0 Å². The second kappa shape index (κ2) is 5.46. The molecule has 0 heterocycles. The standard InChI is InChI=1S/C6H12N2O5/c1-2-8(3-4(9)10)5(13-7)6(11)12/h5H,2-3,7H2,1H3,(H,9,10)(H,11,12). The molecular formula is C6H12N2O5. The maximum Gasteiger partial charge on any atom is 0.350 e. The van der Waals surface area contributed by atoms with Crippen molar-refractivity contribution in [1.82, 2.24) is 4.90 Å². The van der Waals surface area contributed by atoms with Crippen molar-refractivity contribution >= 4 is 11.9 Å². The quantitative estimate of drug-likeness (QED) is 0.354. The van der Waals surface area contributed by atoms with Crippen LogP contribution in [0.3, 0.4) is 0 Å². The van der Waals surface area contributed by atoms with E-state index in [1.54, 1.807) is 6.92 Å². The minimum atomic E-state index is -1.42. The zero-order valence-corrected chi connectivity index (χ0v) is 7.14. The molecule has 0 fully saturated rings. The van der Waals surface area contributed by atoms with E-state index in [-0.39, 0.29) is 6.54 Å². The number of aliphatic carboxylic acids is 2. The molecule has 0 spiro atoms. The van der Waals surface area contributed by atoms with E-state index in [2.05, 4.69) is 4.84 Å². The topological polar surface area (TPSA) is 113 Å². The van der Waals surface area contributed by atoms with E-state index in [9.17, 15) is 9.59 Å². The monoisotopic (exact) mass is 192 g/mol. The predicted octanol–water partition coefficient (Wildman–Crippen LogP) is -1.31. The van der Waals surface area contributed by atoms with Crippen LogP contribution >= 0.6 is 0 Å². The van der Waals surface area contributed by atoms with Gasteiger partial charge in [-0.25, -0.2) is 10.7 Å². The van der Waals surface area contributed by atoms with Crippen molar-refractivity contribution < 1.29 is 24.6 Å². The van der Waals surface area contributed by atoms with Gasteiger partial charge in [0, 0.05) is 0 Å². The summed E-state index contributed by atoms with van der Waals surface area (Å²) >= 11 is 0. The lowest BCUT2D eigenvalue weighted by atomic mass is 10.4. The van der Waals surface area contributed by atoms with Gasteiger partial charge in [-0.3, -0.25) is 14.5 Å². The summed E-state index contributed by atoms with van der Waals surface area (Å²) in [6.45, 7) is 1.41. The molecule has 7 heteroatoms. The van der Waals surface area contributed by atoms with E-state index in [0.717, 1.165) is 4.90 Å². The molecule has 76 valence electrons.